The average Bonchev–Trinajstić information content (AvgIpc) is 2.68. The molecule has 1 aliphatic rings. The van der Waals surface area contributed by atoms with Crippen molar-refractivity contribution in [3.8, 4) is 11.5 Å². The van der Waals surface area contributed by atoms with E-state index in [0.29, 0.717) is 17.7 Å². The Morgan fingerprint density at radius 1 is 1.47 bits per heavy atom. The van der Waals surface area contributed by atoms with E-state index in [-0.39, 0.29) is 11.9 Å². The number of aliphatic carboxylic acids is 1. The number of hydrogen-bond donors (Lipinski definition) is 3. The maximum absolute atomic E-state index is 10.5. The molecule has 1 aromatic rings. The van der Waals surface area contributed by atoms with Crippen molar-refractivity contribution in [1.82, 2.24) is 0 Å². The number of carbonyl (C=O) groups is 1. The molecule has 19 heavy (non-hydrogen) atoms. The van der Waals surface area contributed by atoms with E-state index in [1.807, 2.05) is 0 Å². The lowest BCUT2D eigenvalue weighted by molar-refractivity contribution is -0.131. The second kappa shape index (κ2) is 4.59. The molecule has 2 rings (SSSR count). The fourth-order valence-electron chi connectivity index (χ4n) is 1.99. The molecule has 0 saturated heterocycles. The van der Waals surface area contributed by atoms with Crippen LogP contribution in [0.15, 0.2) is 18.2 Å². The van der Waals surface area contributed by atoms with E-state index in [9.17, 15) is 15.0 Å². The fourth-order valence-corrected chi connectivity index (χ4v) is 1.99. The highest BCUT2D eigenvalue weighted by molar-refractivity contribution is 5.86. The second-order valence-electron chi connectivity index (χ2n) is 5.15. The first kappa shape index (κ1) is 13.4. The molecule has 102 valence electrons. The quantitative estimate of drug-likeness (QED) is 0.721. The van der Waals surface area contributed by atoms with Gasteiger partial charge in [0.25, 0.3) is 0 Å². The highest BCUT2D eigenvalue weighted by atomic mass is 16.5. The highest BCUT2D eigenvalue weighted by Gasteiger charge is 2.35. The minimum absolute atomic E-state index is 0.0485. The van der Waals surface area contributed by atoms with Crippen molar-refractivity contribution in [2.45, 2.75) is 32.0 Å². The van der Waals surface area contributed by atoms with Crippen LogP contribution < -0.4 is 4.74 Å². The van der Waals surface area contributed by atoms with E-state index < -0.39 is 11.6 Å². The molecule has 0 amide bonds. The number of aromatic hydroxyl groups is 1. The van der Waals surface area contributed by atoms with Crippen molar-refractivity contribution in [1.29, 1.82) is 0 Å². The Bertz CT molecular complexity index is 540. The largest absolute Gasteiger partial charge is 0.507 e. The second-order valence-corrected chi connectivity index (χ2v) is 5.15. The van der Waals surface area contributed by atoms with Gasteiger partial charge in [0.05, 0.1) is 5.60 Å². The summed E-state index contributed by atoms with van der Waals surface area (Å²) in [5, 5.41) is 28.3. The zero-order valence-electron chi connectivity index (χ0n) is 10.8. The molecule has 0 aromatic heterocycles. The Morgan fingerprint density at radius 3 is 2.74 bits per heavy atom. The van der Waals surface area contributed by atoms with Crippen molar-refractivity contribution in [2.24, 2.45) is 0 Å². The Hall–Kier alpha value is -2.01. The van der Waals surface area contributed by atoms with E-state index in [1.165, 1.54) is 12.1 Å². The molecule has 0 radical (unpaired) electrons. The zero-order chi connectivity index (χ0) is 14.2. The van der Waals surface area contributed by atoms with Gasteiger partial charge in [0, 0.05) is 24.1 Å². The summed E-state index contributed by atoms with van der Waals surface area (Å²) in [7, 11) is 0. The number of phenolic OH excluding ortho intramolecular Hbond substituents is 1. The topological polar surface area (TPSA) is 87.0 Å². The summed E-state index contributed by atoms with van der Waals surface area (Å²) >= 11 is 0. The van der Waals surface area contributed by atoms with E-state index in [2.05, 4.69) is 0 Å². The van der Waals surface area contributed by atoms with Crippen molar-refractivity contribution < 1.29 is 24.9 Å². The van der Waals surface area contributed by atoms with Gasteiger partial charge in [0.15, 0.2) is 0 Å². The Kier molecular flexibility index (Phi) is 3.24. The molecule has 1 aromatic carbocycles. The highest BCUT2D eigenvalue weighted by Crippen LogP contribution is 2.37. The number of hydrogen-bond acceptors (Lipinski definition) is 4. The van der Waals surface area contributed by atoms with Gasteiger partial charge in [-0.25, -0.2) is 4.79 Å². The van der Waals surface area contributed by atoms with Gasteiger partial charge >= 0.3 is 5.97 Å². The van der Waals surface area contributed by atoms with Crippen molar-refractivity contribution in [3.63, 3.8) is 0 Å². The number of carboxylic acid groups (broad SMARTS) is 1. The van der Waals surface area contributed by atoms with Crippen molar-refractivity contribution in [3.05, 3.63) is 29.3 Å². The van der Waals surface area contributed by atoms with Crippen LogP contribution in [0, 0.1) is 0 Å². The van der Waals surface area contributed by atoms with E-state index >= 15 is 0 Å². The molecule has 0 aliphatic carbocycles. The molecule has 1 heterocycles. The predicted molar refractivity (Wildman–Crippen MR) is 69.2 cm³/mol. The molecule has 0 unspecified atom stereocenters. The van der Waals surface area contributed by atoms with Gasteiger partial charge in [0.2, 0.25) is 0 Å². The Balaban J connectivity index is 2.30. The predicted octanol–water partition coefficient (Wildman–Crippen LogP) is 1.56. The standard InChI is InChI=1S/C14H16O5/c1-14(2,18)12-6-9-5-8(3-4-13(16)17)10(15)7-11(9)19-12/h3-5,7,12,15,18H,6H2,1-2H3,(H,16,17)/b4-3+/t12-/m0/s1. The third-order valence-corrected chi connectivity index (χ3v) is 3.08. The van der Waals surface area contributed by atoms with Crippen molar-refractivity contribution in [2.75, 3.05) is 0 Å². The maximum atomic E-state index is 10.5. The van der Waals surface area contributed by atoms with Crippen LogP contribution in [0.4, 0.5) is 0 Å². The molecule has 5 heteroatoms. The first-order valence-electron chi connectivity index (χ1n) is 5.93. The lowest BCUT2D eigenvalue weighted by Gasteiger charge is -2.24. The molecule has 0 bridgehead atoms. The zero-order valence-corrected chi connectivity index (χ0v) is 10.8. The minimum atomic E-state index is -1.08. The fraction of sp³-hybridized carbons (Fsp3) is 0.357. The van der Waals surface area contributed by atoms with Crippen LogP contribution in [-0.2, 0) is 11.2 Å². The summed E-state index contributed by atoms with van der Waals surface area (Å²) in [6.07, 6.45) is 2.44. The van der Waals surface area contributed by atoms with Crippen LogP contribution in [0.5, 0.6) is 11.5 Å². The molecule has 3 N–H and O–H groups in total. The van der Waals surface area contributed by atoms with Gasteiger partial charge in [-0.2, -0.15) is 0 Å². The number of aliphatic hydroxyl groups is 1. The van der Waals surface area contributed by atoms with Crippen LogP contribution in [0.1, 0.15) is 25.0 Å². The molecule has 1 aliphatic heterocycles. The van der Waals surface area contributed by atoms with Crippen LogP contribution in [0.2, 0.25) is 0 Å². The number of phenols is 1. The summed E-state index contributed by atoms with van der Waals surface area (Å²) < 4.78 is 5.58. The molecule has 0 fully saturated rings. The molecule has 0 spiro atoms. The monoisotopic (exact) mass is 264 g/mol. The van der Waals surface area contributed by atoms with Gasteiger partial charge in [-0.3, -0.25) is 0 Å². The van der Waals surface area contributed by atoms with Crippen LogP contribution in [0.3, 0.4) is 0 Å². The van der Waals surface area contributed by atoms with Gasteiger partial charge in [0.1, 0.15) is 17.6 Å². The van der Waals surface area contributed by atoms with Gasteiger partial charge in [-0.15, -0.1) is 0 Å². The normalized spacial score (nSPS) is 18.4. The van der Waals surface area contributed by atoms with Crippen LogP contribution >= 0.6 is 0 Å². The summed E-state index contributed by atoms with van der Waals surface area (Å²) in [6, 6.07) is 3.12. The molecule has 1 atom stereocenters. The number of benzene rings is 1. The summed E-state index contributed by atoms with van der Waals surface area (Å²) in [6.45, 7) is 3.32. The summed E-state index contributed by atoms with van der Waals surface area (Å²) in [5.41, 5.74) is 0.280. The number of rotatable bonds is 3. The third kappa shape index (κ3) is 2.88. The van der Waals surface area contributed by atoms with Gasteiger partial charge in [-0.05, 0) is 31.6 Å². The lowest BCUT2D eigenvalue weighted by Crippen LogP contribution is -2.39. The Morgan fingerprint density at radius 2 is 2.16 bits per heavy atom. The minimum Gasteiger partial charge on any atom is -0.507 e. The summed E-state index contributed by atoms with van der Waals surface area (Å²) in [5.74, 6) is -0.602. The van der Waals surface area contributed by atoms with Crippen LogP contribution in [0.25, 0.3) is 6.08 Å². The van der Waals surface area contributed by atoms with Gasteiger partial charge < -0.3 is 20.1 Å². The molecule has 5 nitrogen and oxygen atoms in total. The average molecular weight is 264 g/mol. The first-order chi connectivity index (χ1) is 8.77. The van der Waals surface area contributed by atoms with Crippen molar-refractivity contribution >= 4 is 12.0 Å². The Labute approximate surface area is 110 Å². The number of fused-ring (bicyclic) bond motifs is 1. The maximum Gasteiger partial charge on any atom is 0.328 e. The van der Waals surface area contributed by atoms with Crippen LogP contribution in [-0.4, -0.2) is 33.0 Å². The molecular formula is C14H16O5. The SMILES string of the molecule is CC(C)(O)[C@@H]1Cc2cc(/C=C/C(=O)O)c(O)cc2O1. The molecule has 0 saturated carbocycles. The molecular weight excluding hydrogens is 248 g/mol. The first-order valence-corrected chi connectivity index (χ1v) is 5.93. The summed E-state index contributed by atoms with van der Waals surface area (Å²) in [4.78, 5) is 10.5. The number of ether oxygens (including phenoxy) is 1. The third-order valence-electron chi connectivity index (χ3n) is 3.08. The lowest BCUT2D eigenvalue weighted by atomic mass is 9.96. The van der Waals surface area contributed by atoms with E-state index in [4.69, 9.17) is 9.84 Å². The van der Waals surface area contributed by atoms with Gasteiger partial charge in [-0.1, -0.05) is 0 Å². The van der Waals surface area contributed by atoms with E-state index in [1.54, 1.807) is 19.9 Å². The number of carboxylic acids is 1. The smallest absolute Gasteiger partial charge is 0.328 e. The van der Waals surface area contributed by atoms with E-state index in [0.717, 1.165) is 11.6 Å².